The van der Waals surface area contributed by atoms with Gasteiger partial charge in [0.2, 0.25) is 0 Å². The lowest BCUT2D eigenvalue weighted by Crippen LogP contribution is -2.49. The number of nitrogens with zero attached hydrogens (tertiary/aromatic N) is 6. The Bertz CT molecular complexity index is 1740. The molecule has 2 saturated heterocycles. The lowest BCUT2D eigenvalue weighted by molar-refractivity contribution is 0.0631. The second-order valence-electron chi connectivity index (χ2n) is 12.2. The summed E-state index contributed by atoms with van der Waals surface area (Å²) < 4.78 is 13.7. The summed E-state index contributed by atoms with van der Waals surface area (Å²) in [5.41, 5.74) is 3.55. The number of aromatic nitrogens is 2. The molecule has 46 heavy (non-hydrogen) atoms. The van der Waals surface area contributed by atoms with Gasteiger partial charge < -0.3 is 19.3 Å². The number of carbonyl (C=O) groups excluding carboxylic acids is 2. The Morgan fingerprint density at radius 2 is 1.76 bits per heavy atom. The number of fused-ring (bicyclic) bond motifs is 3. The van der Waals surface area contributed by atoms with Crippen molar-refractivity contribution >= 4 is 29.2 Å². The van der Waals surface area contributed by atoms with E-state index in [1.54, 1.807) is 13.2 Å². The van der Waals surface area contributed by atoms with Gasteiger partial charge in [0.15, 0.2) is 17.2 Å². The number of ether oxygens (including phenoxy) is 2. The Balaban J connectivity index is 0.878. The van der Waals surface area contributed by atoms with Crippen molar-refractivity contribution in [3.05, 3.63) is 78.1 Å². The molecule has 2 aromatic carbocycles. The van der Waals surface area contributed by atoms with Crippen molar-refractivity contribution in [2.75, 3.05) is 53.0 Å². The predicted molar refractivity (Wildman–Crippen MR) is 178 cm³/mol. The van der Waals surface area contributed by atoms with E-state index in [4.69, 9.17) is 14.5 Å². The first-order chi connectivity index (χ1) is 22.6. The van der Waals surface area contributed by atoms with Crippen molar-refractivity contribution in [3.8, 4) is 22.9 Å². The molecule has 10 nitrogen and oxygen atoms in total. The van der Waals surface area contributed by atoms with Crippen molar-refractivity contribution in [1.82, 2.24) is 24.1 Å². The fraction of sp³-hybridized carbons (Fsp3) is 0.389. The third kappa shape index (κ3) is 5.97. The highest BCUT2D eigenvalue weighted by Crippen LogP contribution is 2.38. The number of aliphatic imine (C=N–C) groups is 1. The molecule has 5 heterocycles. The molecule has 0 saturated carbocycles. The van der Waals surface area contributed by atoms with Crippen molar-refractivity contribution < 1.29 is 19.1 Å². The Kier molecular flexibility index (Phi) is 8.70. The molecule has 2 fully saturated rings. The van der Waals surface area contributed by atoms with Crippen LogP contribution in [-0.2, 0) is 0 Å². The molecule has 0 unspecified atom stereocenters. The minimum absolute atomic E-state index is 0.00803. The molecule has 4 aromatic rings. The predicted octanol–water partition coefficient (Wildman–Crippen LogP) is 5.34. The Labute approximate surface area is 269 Å². The summed E-state index contributed by atoms with van der Waals surface area (Å²) in [5.74, 6) is 1.97. The number of hydrogen-bond acceptors (Lipinski definition) is 7. The third-order valence-corrected chi connectivity index (χ3v) is 9.28. The number of imidazole rings is 1. The maximum Gasteiger partial charge on any atom is 0.274 e. The summed E-state index contributed by atoms with van der Waals surface area (Å²) >= 11 is 0. The van der Waals surface area contributed by atoms with E-state index in [0.717, 1.165) is 75.2 Å². The molecule has 0 bridgehead atoms. The van der Waals surface area contributed by atoms with Gasteiger partial charge in [0.05, 0.1) is 36.5 Å². The van der Waals surface area contributed by atoms with Gasteiger partial charge in [0.25, 0.3) is 11.8 Å². The largest absolute Gasteiger partial charge is 0.493 e. The minimum atomic E-state index is -0.00803. The number of pyridine rings is 1. The number of methoxy groups -OCH3 is 1. The van der Waals surface area contributed by atoms with Gasteiger partial charge in [-0.15, -0.1) is 0 Å². The van der Waals surface area contributed by atoms with Crippen molar-refractivity contribution in [3.63, 3.8) is 0 Å². The van der Waals surface area contributed by atoms with E-state index in [9.17, 15) is 9.59 Å². The summed E-state index contributed by atoms with van der Waals surface area (Å²) in [4.78, 5) is 42.4. The second-order valence-corrected chi connectivity index (χ2v) is 12.2. The van der Waals surface area contributed by atoms with E-state index in [-0.39, 0.29) is 17.9 Å². The third-order valence-electron chi connectivity index (χ3n) is 9.28. The topological polar surface area (TPSA) is 92.0 Å². The molecule has 0 spiro atoms. The molecule has 7 rings (SSSR count). The Morgan fingerprint density at radius 1 is 0.935 bits per heavy atom. The zero-order valence-corrected chi connectivity index (χ0v) is 26.3. The highest BCUT2D eigenvalue weighted by molar-refractivity contribution is 6.03. The minimum Gasteiger partial charge on any atom is -0.493 e. The average Bonchev–Trinajstić information content (AvgIpc) is 3.71. The van der Waals surface area contributed by atoms with Crippen LogP contribution in [0.4, 0.5) is 5.69 Å². The lowest BCUT2D eigenvalue weighted by Gasteiger charge is -2.34. The molecular formula is C36H40N6O4. The van der Waals surface area contributed by atoms with E-state index in [0.29, 0.717) is 48.1 Å². The summed E-state index contributed by atoms with van der Waals surface area (Å²) in [7, 11) is 1.60. The van der Waals surface area contributed by atoms with Crippen LogP contribution in [0.25, 0.3) is 16.9 Å². The molecule has 10 heteroatoms. The first-order valence-corrected chi connectivity index (χ1v) is 16.3. The second kappa shape index (κ2) is 13.3. The van der Waals surface area contributed by atoms with E-state index in [1.807, 2.05) is 81.2 Å². The van der Waals surface area contributed by atoms with Crippen LogP contribution in [0.15, 0.2) is 71.9 Å². The van der Waals surface area contributed by atoms with Crippen LogP contribution in [0.1, 0.15) is 53.0 Å². The summed E-state index contributed by atoms with van der Waals surface area (Å²) in [5, 5.41) is 0. The van der Waals surface area contributed by atoms with E-state index in [1.165, 1.54) is 0 Å². The van der Waals surface area contributed by atoms with Gasteiger partial charge in [-0.1, -0.05) is 36.4 Å². The van der Waals surface area contributed by atoms with Crippen LogP contribution in [0.3, 0.4) is 0 Å². The molecule has 2 aromatic heterocycles. The van der Waals surface area contributed by atoms with Crippen LogP contribution in [0.2, 0.25) is 0 Å². The van der Waals surface area contributed by atoms with Gasteiger partial charge in [-0.2, -0.15) is 0 Å². The molecule has 3 aliphatic heterocycles. The molecule has 0 radical (unpaired) electrons. The van der Waals surface area contributed by atoms with Gasteiger partial charge in [0, 0.05) is 56.8 Å². The first-order valence-electron chi connectivity index (χ1n) is 16.3. The van der Waals surface area contributed by atoms with Crippen LogP contribution < -0.4 is 9.47 Å². The summed E-state index contributed by atoms with van der Waals surface area (Å²) in [6.07, 6.45) is 8.82. The number of benzene rings is 2. The molecule has 2 amide bonds. The monoisotopic (exact) mass is 620 g/mol. The molecule has 0 aliphatic carbocycles. The molecule has 238 valence electrons. The Morgan fingerprint density at radius 3 is 2.59 bits per heavy atom. The summed E-state index contributed by atoms with van der Waals surface area (Å²) in [6.45, 7) is 5.40. The van der Waals surface area contributed by atoms with Gasteiger partial charge in [0.1, 0.15) is 5.82 Å². The fourth-order valence-corrected chi connectivity index (χ4v) is 6.73. The first kappa shape index (κ1) is 30.0. The number of unbranched alkanes of at least 4 members (excludes halogenated alkanes) is 2. The Hall–Kier alpha value is -4.70. The normalized spacial score (nSPS) is 18.0. The molecule has 3 aliphatic rings. The van der Waals surface area contributed by atoms with Crippen molar-refractivity contribution in [2.24, 2.45) is 4.99 Å². The zero-order chi connectivity index (χ0) is 31.5. The highest BCUT2D eigenvalue weighted by Gasteiger charge is 2.32. The van der Waals surface area contributed by atoms with Crippen molar-refractivity contribution in [1.29, 1.82) is 0 Å². The van der Waals surface area contributed by atoms with Gasteiger partial charge >= 0.3 is 0 Å². The maximum atomic E-state index is 13.6. The quantitative estimate of drug-likeness (QED) is 0.223. The van der Waals surface area contributed by atoms with Gasteiger partial charge in [-0.25, -0.2) is 4.98 Å². The SMILES string of the molecule is COc1cc2c(cc1OCCCCCN1CCN(C(=O)c3nc(-c4ccccc4)n4ccccc34)CC1)N=C[C@@H]1CCCN1C2=O. The molecular weight excluding hydrogens is 580 g/mol. The highest BCUT2D eigenvalue weighted by atomic mass is 16.5. The van der Waals surface area contributed by atoms with Crippen LogP contribution >= 0.6 is 0 Å². The smallest absolute Gasteiger partial charge is 0.274 e. The standard InChI is InChI=1S/C36H40N6O4/c1-45-31-23-28-29(37-25-27-13-10-17-41(27)35(28)43)24-32(31)46-22-9-3-7-15-39-18-20-40(21-19-39)36(44)33-30-14-6-8-16-42(30)34(38-33)26-11-4-2-5-12-26/h2,4-6,8,11-12,14,16,23-25,27H,3,7,9-10,13,15,17-22H2,1H3/t27-/m0/s1. The number of hydrogen-bond donors (Lipinski definition) is 0. The molecule has 0 N–H and O–H groups in total. The van der Waals surface area contributed by atoms with Gasteiger partial charge in [-0.3, -0.25) is 23.9 Å². The van der Waals surface area contributed by atoms with Crippen LogP contribution in [0, 0.1) is 0 Å². The van der Waals surface area contributed by atoms with Crippen LogP contribution in [-0.4, -0.2) is 101 Å². The lowest BCUT2D eigenvalue weighted by atomic mass is 10.1. The number of rotatable bonds is 10. The average molecular weight is 621 g/mol. The van der Waals surface area contributed by atoms with Crippen molar-refractivity contribution in [2.45, 2.75) is 38.1 Å². The zero-order valence-electron chi connectivity index (χ0n) is 26.3. The van der Waals surface area contributed by atoms with E-state index < -0.39 is 0 Å². The van der Waals surface area contributed by atoms with E-state index >= 15 is 0 Å². The number of amides is 2. The van der Waals surface area contributed by atoms with Gasteiger partial charge in [-0.05, 0) is 56.8 Å². The number of piperazine rings is 1. The fourth-order valence-electron chi connectivity index (χ4n) is 6.73. The van der Waals surface area contributed by atoms with Crippen LogP contribution in [0.5, 0.6) is 11.5 Å². The maximum absolute atomic E-state index is 13.6. The van der Waals surface area contributed by atoms with E-state index in [2.05, 4.69) is 9.89 Å². The number of carbonyl (C=O) groups is 2. The summed E-state index contributed by atoms with van der Waals surface area (Å²) in [6, 6.07) is 19.6. The molecule has 1 atom stereocenters.